The Morgan fingerprint density at radius 2 is 2.16 bits per heavy atom. The van der Waals surface area contributed by atoms with Gasteiger partial charge < -0.3 is 10.5 Å². The summed E-state index contributed by atoms with van der Waals surface area (Å²) in [4.78, 5) is 4.08. The lowest BCUT2D eigenvalue weighted by atomic mass is 10.1. The second kappa shape index (κ2) is 6.37. The highest BCUT2D eigenvalue weighted by molar-refractivity contribution is 9.10. The van der Waals surface area contributed by atoms with Crippen LogP contribution in [0.3, 0.4) is 0 Å². The first-order chi connectivity index (χ1) is 9.06. The number of hydrogen-bond donors (Lipinski definition) is 1. The minimum atomic E-state index is -0.0409. The predicted molar refractivity (Wildman–Crippen MR) is 80.3 cm³/mol. The second-order valence-electron chi connectivity index (χ2n) is 4.28. The fraction of sp³-hybridized carbons (Fsp3) is 0.214. The van der Waals surface area contributed by atoms with Crippen LogP contribution in [0.25, 0.3) is 0 Å². The first-order valence-corrected chi connectivity index (χ1v) is 7.00. The summed E-state index contributed by atoms with van der Waals surface area (Å²) < 4.78 is 6.60. The molecule has 0 saturated heterocycles. The van der Waals surface area contributed by atoms with Crippen LogP contribution < -0.4 is 10.5 Å². The van der Waals surface area contributed by atoms with Crippen LogP contribution in [0.1, 0.15) is 24.1 Å². The van der Waals surface area contributed by atoms with Crippen LogP contribution >= 0.6 is 27.5 Å². The van der Waals surface area contributed by atoms with Gasteiger partial charge in [-0.1, -0.05) is 17.7 Å². The van der Waals surface area contributed by atoms with Crippen LogP contribution in [0.2, 0.25) is 5.02 Å². The van der Waals surface area contributed by atoms with E-state index in [9.17, 15) is 0 Å². The summed E-state index contributed by atoms with van der Waals surface area (Å²) in [6.45, 7) is 2.34. The van der Waals surface area contributed by atoms with Crippen LogP contribution in [0.5, 0.6) is 5.75 Å². The molecule has 1 unspecified atom stereocenters. The second-order valence-corrected chi connectivity index (χ2v) is 5.60. The van der Waals surface area contributed by atoms with Crippen LogP contribution in [0.4, 0.5) is 0 Å². The van der Waals surface area contributed by atoms with Crippen molar-refractivity contribution in [1.29, 1.82) is 0 Å². The van der Waals surface area contributed by atoms with Crippen LogP contribution in [-0.2, 0) is 6.61 Å². The number of benzene rings is 1. The number of pyridine rings is 1. The zero-order valence-electron chi connectivity index (χ0n) is 10.4. The smallest absolute Gasteiger partial charge is 0.138 e. The van der Waals surface area contributed by atoms with Crippen molar-refractivity contribution < 1.29 is 4.74 Å². The molecule has 0 aliphatic carbocycles. The highest BCUT2D eigenvalue weighted by Gasteiger charge is 2.06. The molecule has 1 aromatic carbocycles. The van der Waals surface area contributed by atoms with E-state index < -0.39 is 0 Å². The highest BCUT2D eigenvalue weighted by Crippen LogP contribution is 2.28. The van der Waals surface area contributed by atoms with Crippen molar-refractivity contribution in [3.05, 3.63) is 57.3 Å². The van der Waals surface area contributed by atoms with Gasteiger partial charge in [0.15, 0.2) is 0 Å². The van der Waals surface area contributed by atoms with Crippen molar-refractivity contribution in [2.24, 2.45) is 5.73 Å². The maximum Gasteiger partial charge on any atom is 0.138 e. The fourth-order valence-corrected chi connectivity index (χ4v) is 2.27. The van der Waals surface area contributed by atoms with Gasteiger partial charge in [-0.25, -0.2) is 0 Å². The fourth-order valence-electron chi connectivity index (χ4n) is 1.61. The normalized spacial score (nSPS) is 12.2. The highest BCUT2D eigenvalue weighted by atomic mass is 79.9. The number of nitrogens with two attached hydrogens (primary N) is 1. The van der Waals surface area contributed by atoms with E-state index in [0.29, 0.717) is 17.4 Å². The van der Waals surface area contributed by atoms with Crippen molar-refractivity contribution in [1.82, 2.24) is 4.98 Å². The number of nitrogens with zero attached hydrogens (tertiary/aromatic N) is 1. The maximum atomic E-state index is 6.17. The van der Waals surface area contributed by atoms with Gasteiger partial charge in [-0.05, 0) is 46.6 Å². The Hall–Kier alpha value is -1.10. The standard InChI is InChI=1S/C14H14BrClN2O/c1-9(17)11-2-3-14(13(16)5-11)19-8-10-4-12(15)7-18-6-10/h2-7,9H,8,17H2,1H3. The lowest BCUT2D eigenvalue weighted by molar-refractivity contribution is 0.306. The first kappa shape index (κ1) is 14.3. The number of hydrogen-bond acceptors (Lipinski definition) is 3. The SMILES string of the molecule is CC(N)c1ccc(OCc2cncc(Br)c2)c(Cl)c1. The molecule has 1 heterocycles. The van der Waals surface area contributed by atoms with Gasteiger partial charge in [-0.3, -0.25) is 4.98 Å². The third-order valence-corrected chi connectivity index (χ3v) is 3.37. The maximum absolute atomic E-state index is 6.17. The van der Waals surface area contributed by atoms with Gasteiger partial charge in [0.1, 0.15) is 12.4 Å². The Morgan fingerprint density at radius 1 is 1.37 bits per heavy atom. The number of aromatic nitrogens is 1. The van der Waals surface area contributed by atoms with E-state index in [1.807, 2.05) is 31.2 Å². The third-order valence-electron chi connectivity index (χ3n) is 2.64. The van der Waals surface area contributed by atoms with Crippen molar-refractivity contribution in [2.75, 3.05) is 0 Å². The van der Waals surface area contributed by atoms with Gasteiger partial charge in [0.2, 0.25) is 0 Å². The molecule has 19 heavy (non-hydrogen) atoms. The summed E-state index contributed by atoms with van der Waals surface area (Å²) in [6, 6.07) is 7.51. The summed E-state index contributed by atoms with van der Waals surface area (Å²) in [5.74, 6) is 0.644. The molecule has 1 atom stereocenters. The molecule has 0 radical (unpaired) electrons. The van der Waals surface area contributed by atoms with E-state index in [0.717, 1.165) is 15.6 Å². The molecule has 0 aliphatic rings. The molecular formula is C14H14BrClN2O. The number of halogens is 2. The molecule has 0 saturated carbocycles. The van der Waals surface area contributed by atoms with E-state index in [2.05, 4.69) is 20.9 Å². The van der Waals surface area contributed by atoms with Crippen molar-refractivity contribution in [3.63, 3.8) is 0 Å². The Labute approximate surface area is 125 Å². The molecule has 2 N–H and O–H groups in total. The van der Waals surface area contributed by atoms with Gasteiger partial charge in [0.25, 0.3) is 0 Å². The predicted octanol–water partition coefficient (Wildman–Crippen LogP) is 4.10. The summed E-state index contributed by atoms with van der Waals surface area (Å²) in [6.07, 6.45) is 3.49. The quantitative estimate of drug-likeness (QED) is 0.911. The lowest BCUT2D eigenvalue weighted by Gasteiger charge is -2.11. The molecule has 0 aliphatic heterocycles. The molecule has 0 fully saturated rings. The zero-order chi connectivity index (χ0) is 13.8. The van der Waals surface area contributed by atoms with E-state index >= 15 is 0 Å². The third kappa shape index (κ3) is 3.93. The Kier molecular flexibility index (Phi) is 4.80. The molecule has 2 aromatic rings. The van der Waals surface area contributed by atoms with Crippen molar-refractivity contribution in [2.45, 2.75) is 19.6 Å². The summed E-state index contributed by atoms with van der Waals surface area (Å²) in [5, 5.41) is 0.567. The zero-order valence-corrected chi connectivity index (χ0v) is 12.8. The van der Waals surface area contributed by atoms with Crippen LogP contribution in [0.15, 0.2) is 41.1 Å². The first-order valence-electron chi connectivity index (χ1n) is 5.83. The van der Waals surface area contributed by atoms with Gasteiger partial charge in [-0.15, -0.1) is 0 Å². The summed E-state index contributed by atoms with van der Waals surface area (Å²) in [7, 11) is 0. The lowest BCUT2D eigenvalue weighted by Crippen LogP contribution is -2.05. The Balaban J connectivity index is 2.07. The van der Waals surface area contributed by atoms with Gasteiger partial charge in [-0.2, -0.15) is 0 Å². The Morgan fingerprint density at radius 3 is 2.79 bits per heavy atom. The van der Waals surface area contributed by atoms with E-state index in [4.69, 9.17) is 22.1 Å². The average Bonchev–Trinajstić information content (AvgIpc) is 2.37. The van der Waals surface area contributed by atoms with E-state index in [1.165, 1.54) is 0 Å². The molecule has 5 heteroatoms. The monoisotopic (exact) mass is 340 g/mol. The van der Waals surface area contributed by atoms with Gasteiger partial charge in [0.05, 0.1) is 5.02 Å². The molecule has 0 amide bonds. The minimum absolute atomic E-state index is 0.0409. The minimum Gasteiger partial charge on any atom is -0.487 e. The molecular weight excluding hydrogens is 328 g/mol. The van der Waals surface area contributed by atoms with Crippen LogP contribution in [-0.4, -0.2) is 4.98 Å². The van der Waals surface area contributed by atoms with E-state index in [-0.39, 0.29) is 6.04 Å². The molecule has 2 rings (SSSR count). The van der Waals surface area contributed by atoms with Gasteiger partial charge >= 0.3 is 0 Å². The summed E-state index contributed by atoms with van der Waals surface area (Å²) >= 11 is 9.54. The molecule has 0 spiro atoms. The number of rotatable bonds is 4. The largest absolute Gasteiger partial charge is 0.487 e. The van der Waals surface area contributed by atoms with Crippen molar-refractivity contribution >= 4 is 27.5 Å². The molecule has 3 nitrogen and oxygen atoms in total. The Bertz CT molecular complexity index is 575. The summed E-state index contributed by atoms with van der Waals surface area (Å²) in [5.41, 5.74) is 7.76. The molecule has 0 bridgehead atoms. The van der Waals surface area contributed by atoms with Crippen LogP contribution in [0, 0.1) is 0 Å². The molecule has 1 aromatic heterocycles. The molecule has 100 valence electrons. The van der Waals surface area contributed by atoms with Crippen molar-refractivity contribution in [3.8, 4) is 5.75 Å². The topological polar surface area (TPSA) is 48.1 Å². The number of ether oxygens (including phenoxy) is 1. The van der Waals surface area contributed by atoms with E-state index in [1.54, 1.807) is 12.4 Å². The average molecular weight is 342 g/mol. The van der Waals surface area contributed by atoms with Gasteiger partial charge in [0, 0.05) is 28.5 Å².